The number of rotatable bonds is 6. The topological polar surface area (TPSA) is 42.7 Å². The van der Waals surface area contributed by atoms with Gasteiger partial charge in [-0.3, -0.25) is 0 Å². The van der Waals surface area contributed by atoms with Gasteiger partial charge in [0, 0.05) is 18.9 Å². The van der Waals surface area contributed by atoms with Crippen molar-refractivity contribution in [3.8, 4) is 5.69 Å². The number of aromatic nitrogens is 3. The maximum atomic E-state index is 4.60. The van der Waals surface area contributed by atoms with E-state index >= 15 is 0 Å². The predicted molar refractivity (Wildman–Crippen MR) is 82.2 cm³/mol. The minimum absolute atomic E-state index is 0.346. The van der Waals surface area contributed by atoms with Gasteiger partial charge >= 0.3 is 0 Å². The van der Waals surface area contributed by atoms with Crippen molar-refractivity contribution in [3.63, 3.8) is 0 Å². The van der Waals surface area contributed by atoms with Crippen molar-refractivity contribution in [3.05, 3.63) is 41.5 Å². The molecule has 1 aromatic carbocycles. The highest BCUT2D eigenvalue weighted by Gasteiger charge is 2.11. The number of nitrogens with one attached hydrogen (secondary N) is 1. The van der Waals surface area contributed by atoms with E-state index in [1.165, 1.54) is 5.56 Å². The molecule has 20 heavy (non-hydrogen) atoms. The molecule has 0 fully saturated rings. The first kappa shape index (κ1) is 14.7. The van der Waals surface area contributed by atoms with Crippen LogP contribution in [0.4, 0.5) is 0 Å². The van der Waals surface area contributed by atoms with Crippen LogP contribution in [0.25, 0.3) is 5.69 Å². The maximum absolute atomic E-state index is 4.60. The van der Waals surface area contributed by atoms with Gasteiger partial charge in [-0.25, -0.2) is 9.67 Å². The number of benzene rings is 1. The Balaban J connectivity index is 2.37. The van der Waals surface area contributed by atoms with Crippen molar-refractivity contribution in [2.75, 3.05) is 6.54 Å². The van der Waals surface area contributed by atoms with Crippen LogP contribution in [0.3, 0.4) is 0 Å². The number of hydrogen-bond donors (Lipinski definition) is 1. The van der Waals surface area contributed by atoms with Gasteiger partial charge in [0.1, 0.15) is 5.82 Å². The van der Waals surface area contributed by atoms with Crippen LogP contribution in [0.2, 0.25) is 0 Å². The Bertz CT molecular complexity index is 559. The van der Waals surface area contributed by atoms with Crippen LogP contribution in [0.1, 0.15) is 50.9 Å². The van der Waals surface area contributed by atoms with Gasteiger partial charge in [-0.15, -0.1) is 0 Å². The lowest BCUT2D eigenvalue weighted by molar-refractivity contribution is 0.597. The molecule has 0 aliphatic heterocycles. The zero-order chi connectivity index (χ0) is 14.5. The Morgan fingerprint density at radius 1 is 1.20 bits per heavy atom. The molecule has 0 amide bonds. The smallest absolute Gasteiger partial charge is 0.151 e. The van der Waals surface area contributed by atoms with Gasteiger partial charge < -0.3 is 5.32 Å². The monoisotopic (exact) mass is 272 g/mol. The van der Waals surface area contributed by atoms with Crippen LogP contribution in [0.15, 0.2) is 24.3 Å². The largest absolute Gasteiger partial charge is 0.310 e. The van der Waals surface area contributed by atoms with Gasteiger partial charge in [-0.05, 0) is 31.2 Å². The Hall–Kier alpha value is -1.68. The minimum atomic E-state index is 0.346. The molecule has 0 aliphatic rings. The predicted octanol–water partition coefficient (Wildman–Crippen LogP) is 3.06. The van der Waals surface area contributed by atoms with Crippen LogP contribution in [0.5, 0.6) is 0 Å². The molecule has 0 radical (unpaired) electrons. The van der Waals surface area contributed by atoms with E-state index in [0.29, 0.717) is 6.04 Å². The molecule has 108 valence electrons. The molecule has 1 unspecified atom stereocenters. The normalized spacial score (nSPS) is 12.6. The average molecular weight is 272 g/mol. The van der Waals surface area contributed by atoms with Crippen molar-refractivity contribution < 1.29 is 0 Å². The van der Waals surface area contributed by atoms with Crippen LogP contribution in [-0.4, -0.2) is 21.3 Å². The Labute approximate surface area is 121 Å². The van der Waals surface area contributed by atoms with Gasteiger partial charge in [-0.2, -0.15) is 5.10 Å². The lowest BCUT2D eigenvalue weighted by atomic mass is 10.1. The summed E-state index contributed by atoms with van der Waals surface area (Å²) in [7, 11) is 0. The molecule has 0 bridgehead atoms. The van der Waals surface area contributed by atoms with E-state index in [1.54, 1.807) is 0 Å². The van der Waals surface area contributed by atoms with Gasteiger partial charge in [0.15, 0.2) is 5.82 Å². The second-order valence-electron chi connectivity index (χ2n) is 4.94. The lowest BCUT2D eigenvalue weighted by Crippen LogP contribution is -2.18. The molecule has 4 heteroatoms. The van der Waals surface area contributed by atoms with E-state index in [-0.39, 0.29) is 0 Å². The second kappa shape index (κ2) is 6.66. The molecule has 1 heterocycles. The first-order valence-electron chi connectivity index (χ1n) is 7.48. The van der Waals surface area contributed by atoms with Crippen LogP contribution < -0.4 is 5.32 Å². The quantitative estimate of drug-likeness (QED) is 0.879. The van der Waals surface area contributed by atoms with Crippen molar-refractivity contribution in [2.24, 2.45) is 0 Å². The molecule has 4 nitrogen and oxygen atoms in total. The van der Waals surface area contributed by atoms with E-state index in [1.807, 2.05) is 4.68 Å². The Morgan fingerprint density at radius 2 is 2.00 bits per heavy atom. The average Bonchev–Trinajstić information content (AvgIpc) is 2.91. The molecular weight excluding hydrogens is 248 g/mol. The summed E-state index contributed by atoms with van der Waals surface area (Å²) in [5.74, 6) is 1.93. The van der Waals surface area contributed by atoms with Crippen LogP contribution >= 0.6 is 0 Å². The highest BCUT2D eigenvalue weighted by atomic mass is 15.3. The molecule has 0 spiro atoms. The first-order valence-corrected chi connectivity index (χ1v) is 7.48. The zero-order valence-electron chi connectivity index (χ0n) is 12.8. The van der Waals surface area contributed by atoms with Gasteiger partial charge in [0.25, 0.3) is 0 Å². The van der Waals surface area contributed by atoms with E-state index in [9.17, 15) is 0 Å². The molecule has 2 rings (SSSR count). The Kier molecular flexibility index (Phi) is 4.90. The zero-order valence-corrected chi connectivity index (χ0v) is 12.8. The summed E-state index contributed by atoms with van der Waals surface area (Å²) in [5.41, 5.74) is 2.37. The molecule has 0 saturated carbocycles. The van der Waals surface area contributed by atoms with E-state index in [0.717, 1.165) is 36.7 Å². The summed E-state index contributed by atoms with van der Waals surface area (Å²) in [6, 6.07) is 8.88. The third kappa shape index (κ3) is 3.07. The number of nitrogens with zero attached hydrogens (tertiary/aromatic N) is 3. The molecular formula is C16H24N4. The Morgan fingerprint density at radius 3 is 2.65 bits per heavy atom. The van der Waals surface area contributed by atoms with Crippen molar-refractivity contribution in [1.82, 2.24) is 20.1 Å². The fourth-order valence-corrected chi connectivity index (χ4v) is 2.33. The fourth-order valence-electron chi connectivity index (χ4n) is 2.33. The number of hydrogen-bond acceptors (Lipinski definition) is 3. The van der Waals surface area contributed by atoms with Gasteiger partial charge in [0.2, 0.25) is 0 Å². The molecule has 1 aromatic heterocycles. The molecule has 0 saturated heterocycles. The third-order valence-corrected chi connectivity index (χ3v) is 3.48. The van der Waals surface area contributed by atoms with E-state index in [4.69, 9.17) is 0 Å². The van der Waals surface area contributed by atoms with Gasteiger partial charge in [0.05, 0.1) is 5.69 Å². The van der Waals surface area contributed by atoms with Gasteiger partial charge in [-0.1, -0.05) is 32.9 Å². The highest BCUT2D eigenvalue weighted by Crippen LogP contribution is 2.18. The molecule has 1 N–H and O–H groups in total. The third-order valence-electron chi connectivity index (χ3n) is 3.48. The standard InChI is InChI=1S/C16H24N4/c1-5-15-18-16(6-2)20(19-15)14-10-8-9-13(11-14)12(4)17-7-3/h8-12,17H,5-7H2,1-4H3. The highest BCUT2D eigenvalue weighted by molar-refractivity contribution is 5.37. The summed E-state index contributed by atoms with van der Waals surface area (Å²) < 4.78 is 1.97. The lowest BCUT2D eigenvalue weighted by Gasteiger charge is -2.14. The summed E-state index contributed by atoms with van der Waals surface area (Å²) in [6.07, 6.45) is 1.76. The second-order valence-corrected chi connectivity index (χ2v) is 4.94. The van der Waals surface area contributed by atoms with Crippen molar-refractivity contribution >= 4 is 0 Å². The van der Waals surface area contributed by atoms with Crippen LogP contribution in [-0.2, 0) is 12.8 Å². The summed E-state index contributed by atoms with van der Waals surface area (Å²) in [6.45, 7) is 9.48. The maximum Gasteiger partial charge on any atom is 0.151 e. The van der Waals surface area contributed by atoms with Crippen molar-refractivity contribution in [1.29, 1.82) is 0 Å². The molecule has 1 atom stereocenters. The van der Waals surface area contributed by atoms with Crippen molar-refractivity contribution in [2.45, 2.75) is 46.6 Å². The fraction of sp³-hybridized carbons (Fsp3) is 0.500. The van der Waals surface area contributed by atoms with Crippen LogP contribution in [0, 0.1) is 0 Å². The SMILES string of the molecule is CCNC(C)c1cccc(-n2nc(CC)nc2CC)c1. The summed E-state index contributed by atoms with van der Waals surface area (Å²) >= 11 is 0. The molecule has 0 aliphatic carbocycles. The summed E-state index contributed by atoms with van der Waals surface area (Å²) in [4.78, 5) is 4.57. The minimum Gasteiger partial charge on any atom is -0.310 e. The molecule has 2 aromatic rings. The number of aryl methyl sites for hydroxylation is 2. The summed E-state index contributed by atoms with van der Waals surface area (Å²) in [5, 5.41) is 8.04. The first-order chi connectivity index (χ1) is 9.69. The van der Waals surface area contributed by atoms with E-state index in [2.05, 4.69) is 67.4 Å². The van der Waals surface area contributed by atoms with E-state index < -0.39 is 0 Å².